The molecule has 1 aliphatic rings. The number of hydrogen-bond acceptors (Lipinski definition) is 4. The number of aryl methyl sites for hydroxylation is 1. The lowest BCUT2D eigenvalue weighted by molar-refractivity contribution is 0.0661. The van der Waals surface area contributed by atoms with Crippen molar-refractivity contribution >= 4 is 16.0 Å². The summed E-state index contributed by atoms with van der Waals surface area (Å²) in [6.45, 7) is 3.95. The van der Waals surface area contributed by atoms with Crippen LogP contribution in [-0.4, -0.2) is 26.0 Å². The summed E-state index contributed by atoms with van der Waals surface area (Å²) >= 11 is 0. The molecule has 1 aliphatic carbocycles. The van der Waals surface area contributed by atoms with E-state index in [-0.39, 0.29) is 16.4 Å². The number of carboxylic acid groups (broad SMARTS) is 1. The molecule has 1 saturated carbocycles. The third-order valence-electron chi connectivity index (χ3n) is 3.95. The number of sulfonamides is 1. The van der Waals surface area contributed by atoms with Crippen LogP contribution in [0.2, 0.25) is 0 Å². The Morgan fingerprint density at radius 2 is 2.20 bits per heavy atom. The van der Waals surface area contributed by atoms with Crippen LogP contribution in [0.25, 0.3) is 0 Å². The first-order valence-corrected chi connectivity index (χ1v) is 8.13. The number of aromatic carboxylic acids is 1. The fraction of sp³-hybridized carbons (Fsp3) is 0.615. The Hall–Kier alpha value is -1.34. The standard InChI is InChI=1S/C13H19NO5S/c1-8-4-3-5-10(8)7-14-20(17,18)12-6-11(13(15)16)19-9(12)2/h6,8,10,14H,3-5,7H2,1-2H3,(H,15,16). The van der Waals surface area contributed by atoms with Crippen molar-refractivity contribution in [2.24, 2.45) is 11.8 Å². The van der Waals surface area contributed by atoms with Crippen LogP contribution < -0.4 is 4.72 Å². The molecule has 1 aromatic rings. The summed E-state index contributed by atoms with van der Waals surface area (Å²) in [5, 5.41) is 8.82. The van der Waals surface area contributed by atoms with E-state index in [1.54, 1.807) is 0 Å². The van der Waals surface area contributed by atoms with Crippen molar-refractivity contribution in [1.82, 2.24) is 4.72 Å². The fourth-order valence-corrected chi connectivity index (χ4v) is 3.93. The van der Waals surface area contributed by atoms with Gasteiger partial charge in [0.2, 0.25) is 15.8 Å². The SMILES string of the molecule is Cc1oc(C(=O)O)cc1S(=O)(=O)NCC1CCCC1C. The van der Waals surface area contributed by atoms with Crippen LogP contribution in [-0.2, 0) is 10.0 Å². The molecule has 2 rings (SSSR count). The maximum atomic E-state index is 12.2. The highest BCUT2D eigenvalue weighted by Crippen LogP contribution is 2.31. The molecule has 2 atom stereocenters. The lowest BCUT2D eigenvalue weighted by atomic mass is 9.99. The van der Waals surface area contributed by atoms with Gasteiger partial charge in [0.25, 0.3) is 0 Å². The van der Waals surface area contributed by atoms with Crippen molar-refractivity contribution < 1.29 is 22.7 Å². The molecule has 0 aliphatic heterocycles. The number of nitrogens with one attached hydrogen (secondary N) is 1. The van der Waals surface area contributed by atoms with E-state index in [0.717, 1.165) is 25.3 Å². The Bertz CT molecular complexity index is 604. The molecule has 7 heteroatoms. The minimum atomic E-state index is -3.72. The topological polar surface area (TPSA) is 96.6 Å². The van der Waals surface area contributed by atoms with Crippen LogP contribution in [0.4, 0.5) is 0 Å². The van der Waals surface area contributed by atoms with E-state index in [4.69, 9.17) is 9.52 Å². The van der Waals surface area contributed by atoms with Gasteiger partial charge in [0, 0.05) is 12.6 Å². The molecule has 2 unspecified atom stereocenters. The van der Waals surface area contributed by atoms with Gasteiger partial charge < -0.3 is 9.52 Å². The number of rotatable bonds is 5. The summed E-state index contributed by atoms with van der Waals surface area (Å²) in [5.74, 6) is -0.695. The average molecular weight is 301 g/mol. The molecule has 1 fully saturated rings. The van der Waals surface area contributed by atoms with Gasteiger partial charge in [0.05, 0.1) is 0 Å². The van der Waals surface area contributed by atoms with Crippen molar-refractivity contribution in [2.75, 3.05) is 6.54 Å². The van der Waals surface area contributed by atoms with Gasteiger partial charge in [0.15, 0.2) is 0 Å². The van der Waals surface area contributed by atoms with E-state index in [2.05, 4.69) is 11.6 Å². The van der Waals surface area contributed by atoms with Gasteiger partial charge in [-0.15, -0.1) is 0 Å². The summed E-state index contributed by atoms with van der Waals surface area (Å²) < 4.78 is 31.9. The first-order valence-electron chi connectivity index (χ1n) is 6.64. The molecule has 0 radical (unpaired) electrons. The van der Waals surface area contributed by atoms with Crippen molar-refractivity contribution in [2.45, 2.75) is 38.0 Å². The van der Waals surface area contributed by atoms with Crippen LogP contribution in [0.1, 0.15) is 42.5 Å². The van der Waals surface area contributed by atoms with Crippen molar-refractivity contribution in [3.8, 4) is 0 Å². The Morgan fingerprint density at radius 3 is 2.70 bits per heavy atom. The predicted octanol–water partition coefficient (Wildman–Crippen LogP) is 2.00. The van der Waals surface area contributed by atoms with Gasteiger partial charge in [-0.3, -0.25) is 0 Å². The van der Waals surface area contributed by atoms with Crippen LogP contribution >= 0.6 is 0 Å². The minimum absolute atomic E-state index is 0.0920. The summed E-state index contributed by atoms with van der Waals surface area (Å²) in [4.78, 5) is 10.7. The highest BCUT2D eigenvalue weighted by Gasteiger charge is 2.28. The van der Waals surface area contributed by atoms with E-state index >= 15 is 0 Å². The molecule has 0 aromatic carbocycles. The van der Waals surface area contributed by atoms with Crippen LogP contribution in [0.15, 0.2) is 15.4 Å². The second kappa shape index (κ2) is 5.57. The van der Waals surface area contributed by atoms with E-state index in [9.17, 15) is 13.2 Å². The molecule has 20 heavy (non-hydrogen) atoms. The number of carboxylic acids is 1. The summed E-state index contributed by atoms with van der Waals surface area (Å²) in [7, 11) is -3.72. The van der Waals surface area contributed by atoms with Crippen LogP contribution in [0, 0.1) is 18.8 Å². The second-order valence-corrected chi connectivity index (χ2v) is 7.09. The smallest absolute Gasteiger partial charge is 0.371 e. The molecule has 6 nitrogen and oxygen atoms in total. The predicted molar refractivity (Wildman–Crippen MR) is 72.1 cm³/mol. The third kappa shape index (κ3) is 3.04. The zero-order valence-corrected chi connectivity index (χ0v) is 12.4. The van der Waals surface area contributed by atoms with Gasteiger partial charge >= 0.3 is 5.97 Å². The van der Waals surface area contributed by atoms with Gasteiger partial charge in [-0.2, -0.15) is 0 Å². The van der Waals surface area contributed by atoms with Gasteiger partial charge in [0.1, 0.15) is 10.7 Å². The summed E-state index contributed by atoms with van der Waals surface area (Å²) in [6.07, 6.45) is 3.27. The Morgan fingerprint density at radius 1 is 1.50 bits per heavy atom. The fourth-order valence-electron chi connectivity index (χ4n) is 2.66. The maximum absolute atomic E-state index is 12.2. The molecule has 0 saturated heterocycles. The molecular weight excluding hydrogens is 282 g/mol. The van der Waals surface area contributed by atoms with Gasteiger partial charge in [-0.25, -0.2) is 17.9 Å². The highest BCUT2D eigenvalue weighted by atomic mass is 32.2. The molecule has 1 aromatic heterocycles. The van der Waals surface area contributed by atoms with E-state index in [0.29, 0.717) is 18.4 Å². The summed E-state index contributed by atoms with van der Waals surface area (Å²) in [6, 6.07) is 1.05. The Balaban J connectivity index is 2.12. The normalized spacial score (nSPS) is 23.1. The maximum Gasteiger partial charge on any atom is 0.371 e. The highest BCUT2D eigenvalue weighted by molar-refractivity contribution is 7.89. The molecule has 0 amide bonds. The van der Waals surface area contributed by atoms with E-state index in [1.165, 1.54) is 6.92 Å². The second-order valence-electron chi connectivity index (χ2n) is 5.36. The molecule has 0 spiro atoms. The zero-order chi connectivity index (χ0) is 14.9. The Labute approximate surface area is 118 Å². The van der Waals surface area contributed by atoms with Crippen molar-refractivity contribution in [3.05, 3.63) is 17.6 Å². The summed E-state index contributed by atoms with van der Waals surface area (Å²) in [5.41, 5.74) is 0. The molecule has 112 valence electrons. The van der Waals surface area contributed by atoms with E-state index < -0.39 is 16.0 Å². The van der Waals surface area contributed by atoms with Crippen molar-refractivity contribution in [1.29, 1.82) is 0 Å². The lowest BCUT2D eigenvalue weighted by Gasteiger charge is -2.15. The molecule has 0 bridgehead atoms. The third-order valence-corrected chi connectivity index (χ3v) is 5.48. The largest absolute Gasteiger partial charge is 0.475 e. The van der Waals surface area contributed by atoms with Crippen molar-refractivity contribution in [3.63, 3.8) is 0 Å². The van der Waals surface area contributed by atoms with Gasteiger partial charge in [-0.05, 0) is 25.2 Å². The van der Waals surface area contributed by atoms with Crippen LogP contribution in [0.5, 0.6) is 0 Å². The number of furan rings is 1. The minimum Gasteiger partial charge on any atom is -0.475 e. The quantitative estimate of drug-likeness (QED) is 0.867. The average Bonchev–Trinajstić information content (AvgIpc) is 2.93. The number of hydrogen-bond donors (Lipinski definition) is 2. The lowest BCUT2D eigenvalue weighted by Crippen LogP contribution is -2.30. The van der Waals surface area contributed by atoms with E-state index in [1.807, 2.05) is 0 Å². The van der Waals surface area contributed by atoms with Gasteiger partial charge in [-0.1, -0.05) is 19.8 Å². The molecule has 2 N–H and O–H groups in total. The first-order chi connectivity index (χ1) is 9.31. The monoisotopic (exact) mass is 301 g/mol. The van der Waals surface area contributed by atoms with Crippen LogP contribution in [0.3, 0.4) is 0 Å². The molecule has 1 heterocycles. The zero-order valence-electron chi connectivity index (χ0n) is 11.5. The molecular formula is C13H19NO5S. The first kappa shape index (κ1) is 15.1. The number of carbonyl (C=O) groups is 1. The Kier molecular flexibility index (Phi) is 4.19.